The fraction of sp³-hybridized carbons (Fsp3) is 0.229. The van der Waals surface area contributed by atoms with Crippen molar-refractivity contribution >= 4 is 34.3 Å². The molecule has 218 valence electrons. The predicted molar refractivity (Wildman–Crippen MR) is 170 cm³/mol. The van der Waals surface area contributed by atoms with Crippen LogP contribution in [0.4, 0.5) is 0 Å². The number of carbonyl (C=O) groups is 1. The first-order valence-corrected chi connectivity index (χ1v) is 15.2. The maximum absolute atomic E-state index is 14.3. The van der Waals surface area contributed by atoms with Gasteiger partial charge in [0.15, 0.2) is 4.80 Å². The number of fused-ring (bicyclic) bond motifs is 2. The summed E-state index contributed by atoms with van der Waals surface area (Å²) in [7, 11) is 0. The molecule has 0 spiro atoms. The van der Waals surface area contributed by atoms with E-state index in [1.807, 2.05) is 74.5 Å². The van der Waals surface area contributed by atoms with Crippen LogP contribution in [-0.4, -0.2) is 27.8 Å². The molecule has 1 aliphatic heterocycles. The molecular weight excluding hydrogens is 558 g/mol. The van der Waals surface area contributed by atoms with E-state index in [1.54, 1.807) is 18.4 Å². The van der Waals surface area contributed by atoms with E-state index in [0.29, 0.717) is 38.5 Å². The Bertz CT molecular complexity index is 2030. The van der Waals surface area contributed by atoms with Gasteiger partial charge in [-0.3, -0.25) is 9.36 Å². The minimum absolute atomic E-state index is 0.0960. The molecule has 1 aliphatic rings. The van der Waals surface area contributed by atoms with E-state index in [-0.39, 0.29) is 18.3 Å². The van der Waals surface area contributed by atoms with E-state index in [9.17, 15) is 9.59 Å². The molecule has 0 aliphatic carbocycles. The Balaban J connectivity index is 1.54. The number of ether oxygens (including phenoxy) is 2. The highest BCUT2D eigenvalue weighted by molar-refractivity contribution is 7.07. The lowest BCUT2D eigenvalue weighted by Gasteiger charge is -2.26. The summed E-state index contributed by atoms with van der Waals surface area (Å²) in [6.45, 7) is 8.38. The highest BCUT2D eigenvalue weighted by atomic mass is 32.1. The van der Waals surface area contributed by atoms with E-state index in [2.05, 4.69) is 35.0 Å². The lowest BCUT2D eigenvalue weighted by molar-refractivity contribution is -0.139. The minimum Gasteiger partial charge on any atom is -0.491 e. The summed E-state index contributed by atoms with van der Waals surface area (Å²) in [6.07, 6.45) is 3.93. The standard InChI is InChI=1S/C35H33N3O4S/c1-5-41-34(40)31-23(4)36-35-38(32(31)27-16-10-12-18-29(27)42-22(2)3)33(39)30(43-35)19-25-21-37(20-24-13-7-6-8-14-24)28-17-11-9-15-26(25)28/h6-19,21-22,32H,5,20H2,1-4H3/b30-19-/t32-/m0/s1. The molecule has 2 aromatic heterocycles. The van der Waals surface area contributed by atoms with Crippen molar-refractivity contribution in [1.82, 2.24) is 9.13 Å². The number of hydrogen-bond donors (Lipinski definition) is 0. The molecule has 8 heteroatoms. The van der Waals surface area contributed by atoms with E-state index in [1.165, 1.54) is 16.9 Å². The van der Waals surface area contributed by atoms with Crippen LogP contribution in [0, 0.1) is 0 Å². The van der Waals surface area contributed by atoms with Gasteiger partial charge in [-0.15, -0.1) is 0 Å². The molecule has 0 saturated heterocycles. The molecule has 3 aromatic carbocycles. The van der Waals surface area contributed by atoms with Crippen LogP contribution >= 0.6 is 11.3 Å². The Morgan fingerprint density at radius 1 is 1.02 bits per heavy atom. The van der Waals surface area contributed by atoms with Crippen LogP contribution in [0.3, 0.4) is 0 Å². The molecule has 3 heterocycles. The molecule has 5 aromatic rings. The second kappa shape index (κ2) is 11.9. The van der Waals surface area contributed by atoms with Crippen LogP contribution in [0.1, 0.15) is 50.4 Å². The third kappa shape index (κ3) is 5.46. The molecule has 0 bridgehead atoms. The molecule has 6 rings (SSSR count). The van der Waals surface area contributed by atoms with Crippen LogP contribution in [0.15, 0.2) is 106 Å². The number of thiazole rings is 1. The molecule has 7 nitrogen and oxygen atoms in total. The number of esters is 1. The van der Waals surface area contributed by atoms with Gasteiger partial charge < -0.3 is 14.0 Å². The fourth-order valence-electron chi connectivity index (χ4n) is 5.60. The van der Waals surface area contributed by atoms with Crippen molar-refractivity contribution in [3.05, 3.63) is 133 Å². The Kier molecular flexibility index (Phi) is 7.86. The van der Waals surface area contributed by atoms with Gasteiger partial charge in [0.25, 0.3) is 5.56 Å². The second-order valence-electron chi connectivity index (χ2n) is 10.7. The summed E-state index contributed by atoms with van der Waals surface area (Å²) in [5, 5.41) is 1.06. The topological polar surface area (TPSA) is 74.8 Å². The zero-order valence-corrected chi connectivity index (χ0v) is 25.4. The van der Waals surface area contributed by atoms with Gasteiger partial charge in [0.05, 0.1) is 28.5 Å². The normalized spacial score (nSPS) is 15.1. The van der Waals surface area contributed by atoms with Gasteiger partial charge >= 0.3 is 5.97 Å². The molecule has 0 radical (unpaired) electrons. The number of carbonyl (C=O) groups excluding carboxylic acids is 1. The number of allylic oxidation sites excluding steroid dienone is 1. The minimum atomic E-state index is -0.744. The maximum Gasteiger partial charge on any atom is 0.338 e. The van der Waals surface area contributed by atoms with Crippen LogP contribution < -0.4 is 19.6 Å². The highest BCUT2D eigenvalue weighted by Gasteiger charge is 2.35. The lowest BCUT2D eigenvalue weighted by atomic mass is 9.95. The predicted octanol–water partition coefficient (Wildman–Crippen LogP) is 5.59. The Labute approximate surface area is 253 Å². The molecule has 0 N–H and O–H groups in total. The van der Waals surface area contributed by atoms with E-state index in [0.717, 1.165) is 16.5 Å². The summed E-state index contributed by atoms with van der Waals surface area (Å²) in [5.74, 6) is 0.115. The monoisotopic (exact) mass is 591 g/mol. The zero-order valence-electron chi connectivity index (χ0n) is 24.6. The van der Waals surface area contributed by atoms with E-state index in [4.69, 9.17) is 14.5 Å². The first-order chi connectivity index (χ1) is 20.9. The summed E-state index contributed by atoms with van der Waals surface area (Å²) in [5.41, 5.74) is 4.57. The van der Waals surface area contributed by atoms with Crippen molar-refractivity contribution in [3.8, 4) is 5.75 Å². The van der Waals surface area contributed by atoms with Gasteiger partial charge in [-0.05, 0) is 51.5 Å². The molecule has 0 fully saturated rings. The summed E-state index contributed by atoms with van der Waals surface area (Å²) in [6, 6.07) is 25.3. The third-order valence-electron chi connectivity index (χ3n) is 7.40. The Hall–Kier alpha value is -4.69. The fourth-order valence-corrected chi connectivity index (χ4v) is 6.63. The third-order valence-corrected chi connectivity index (χ3v) is 8.38. The van der Waals surface area contributed by atoms with Crippen molar-refractivity contribution < 1.29 is 14.3 Å². The average Bonchev–Trinajstić information content (AvgIpc) is 3.49. The lowest BCUT2D eigenvalue weighted by Crippen LogP contribution is -2.40. The first-order valence-electron chi connectivity index (χ1n) is 14.4. The largest absolute Gasteiger partial charge is 0.491 e. The van der Waals surface area contributed by atoms with Crippen LogP contribution in [0.25, 0.3) is 17.0 Å². The summed E-state index contributed by atoms with van der Waals surface area (Å²) in [4.78, 5) is 32.9. The van der Waals surface area contributed by atoms with Crippen molar-refractivity contribution in [2.24, 2.45) is 4.99 Å². The van der Waals surface area contributed by atoms with Gasteiger partial charge in [-0.2, -0.15) is 0 Å². The molecule has 1 atom stereocenters. The smallest absolute Gasteiger partial charge is 0.338 e. The van der Waals surface area contributed by atoms with Crippen LogP contribution in [-0.2, 0) is 16.1 Å². The van der Waals surface area contributed by atoms with Gasteiger partial charge in [-0.25, -0.2) is 9.79 Å². The van der Waals surface area contributed by atoms with Gasteiger partial charge in [0.1, 0.15) is 11.8 Å². The molecular formula is C35H33N3O4S. The molecule has 0 amide bonds. The van der Waals surface area contributed by atoms with Crippen molar-refractivity contribution in [1.29, 1.82) is 0 Å². The number of para-hydroxylation sites is 2. The van der Waals surface area contributed by atoms with Crippen molar-refractivity contribution in [3.63, 3.8) is 0 Å². The second-order valence-corrected chi connectivity index (χ2v) is 11.7. The summed E-state index contributed by atoms with van der Waals surface area (Å²) >= 11 is 1.32. The number of benzene rings is 3. The van der Waals surface area contributed by atoms with Crippen molar-refractivity contribution in [2.75, 3.05) is 6.61 Å². The molecule has 43 heavy (non-hydrogen) atoms. The number of rotatable bonds is 8. The Morgan fingerprint density at radius 3 is 2.51 bits per heavy atom. The SMILES string of the molecule is CCOC(=O)C1=C(C)N=c2s/c(=C\c3cn(Cc4ccccc4)c4ccccc34)c(=O)n2[C@H]1c1ccccc1OC(C)C. The zero-order chi connectivity index (χ0) is 30.1. The molecule has 0 saturated carbocycles. The van der Waals surface area contributed by atoms with Crippen LogP contribution in [0.2, 0.25) is 0 Å². The Morgan fingerprint density at radius 2 is 1.74 bits per heavy atom. The average molecular weight is 592 g/mol. The van der Waals surface area contributed by atoms with Gasteiger partial charge in [-0.1, -0.05) is 78.1 Å². The number of nitrogens with zero attached hydrogens (tertiary/aromatic N) is 3. The van der Waals surface area contributed by atoms with Crippen molar-refractivity contribution in [2.45, 2.75) is 46.4 Å². The highest BCUT2D eigenvalue weighted by Crippen LogP contribution is 2.36. The van der Waals surface area contributed by atoms with Gasteiger partial charge in [0.2, 0.25) is 0 Å². The number of aromatic nitrogens is 2. The van der Waals surface area contributed by atoms with Gasteiger partial charge in [0, 0.05) is 34.8 Å². The van der Waals surface area contributed by atoms with E-state index >= 15 is 0 Å². The van der Waals surface area contributed by atoms with Crippen LogP contribution in [0.5, 0.6) is 5.75 Å². The maximum atomic E-state index is 14.3. The quantitative estimate of drug-likeness (QED) is 0.221. The molecule has 0 unspecified atom stereocenters. The first kappa shape index (κ1) is 28.4. The van der Waals surface area contributed by atoms with E-state index < -0.39 is 12.0 Å². The summed E-state index contributed by atoms with van der Waals surface area (Å²) < 4.78 is 16.0. The number of hydrogen-bond acceptors (Lipinski definition) is 6.